The van der Waals surface area contributed by atoms with E-state index in [0.29, 0.717) is 6.04 Å². The molecule has 58 valence electrons. The highest BCUT2D eigenvalue weighted by atomic mass is 16.5. The van der Waals surface area contributed by atoms with Gasteiger partial charge >= 0.3 is 0 Å². The fourth-order valence-corrected chi connectivity index (χ4v) is 0.927. The van der Waals surface area contributed by atoms with Crippen molar-refractivity contribution < 1.29 is 4.74 Å². The highest BCUT2D eigenvalue weighted by Gasteiger charge is 2.12. The fraction of sp³-hybridized carbons (Fsp3) is 0.857. The maximum absolute atomic E-state index is 5.33. The number of rotatable bonds is 3. The molecule has 1 atom stereocenters. The average molecular weight is 142 g/mol. The summed E-state index contributed by atoms with van der Waals surface area (Å²) in [5, 5.41) is 0. The van der Waals surface area contributed by atoms with Crippen LogP contribution < -0.4 is 5.73 Å². The average Bonchev–Trinajstić information content (AvgIpc) is 2.31. The van der Waals surface area contributed by atoms with E-state index in [4.69, 9.17) is 10.5 Å². The molecule has 1 aliphatic rings. The molecule has 0 bridgehead atoms. The van der Waals surface area contributed by atoms with E-state index in [2.05, 4.69) is 11.9 Å². The van der Waals surface area contributed by atoms with Gasteiger partial charge in [0.1, 0.15) is 6.61 Å². The van der Waals surface area contributed by atoms with Crippen LogP contribution in [0, 0.1) is 0 Å². The number of ether oxygens (including phenoxy) is 1. The predicted octanol–water partition coefficient (Wildman–Crippen LogP) is 0.543. The molecule has 0 aromatic rings. The van der Waals surface area contributed by atoms with Gasteiger partial charge in [0.05, 0.1) is 6.04 Å². The first-order valence-corrected chi connectivity index (χ1v) is 3.72. The first-order chi connectivity index (χ1) is 4.83. The van der Waals surface area contributed by atoms with E-state index in [-0.39, 0.29) is 0 Å². The Morgan fingerprint density at radius 2 is 2.60 bits per heavy atom. The van der Waals surface area contributed by atoms with E-state index < -0.39 is 0 Å². The molecule has 0 fully saturated rings. The smallest absolute Gasteiger partial charge is 0.183 e. The van der Waals surface area contributed by atoms with E-state index in [0.717, 1.165) is 31.9 Å². The summed E-state index contributed by atoms with van der Waals surface area (Å²) in [7, 11) is 0. The van der Waals surface area contributed by atoms with Crippen molar-refractivity contribution in [1.29, 1.82) is 0 Å². The third kappa shape index (κ3) is 1.99. The Morgan fingerprint density at radius 1 is 1.80 bits per heavy atom. The summed E-state index contributed by atoms with van der Waals surface area (Å²) in [6, 6.07) is 0.354. The van der Waals surface area contributed by atoms with Gasteiger partial charge in [-0.25, -0.2) is 4.99 Å². The van der Waals surface area contributed by atoms with Gasteiger partial charge in [-0.3, -0.25) is 0 Å². The first-order valence-electron chi connectivity index (χ1n) is 3.72. The lowest BCUT2D eigenvalue weighted by atomic mass is 10.3. The first kappa shape index (κ1) is 7.54. The van der Waals surface area contributed by atoms with E-state index in [1.54, 1.807) is 0 Å². The van der Waals surface area contributed by atoms with Crippen molar-refractivity contribution >= 4 is 5.90 Å². The third-order valence-corrected chi connectivity index (χ3v) is 1.45. The summed E-state index contributed by atoms with van der Waals surface area (Å²) in [6.45, 7) is 3.52. The SMILES string of the molecule is CC1COC(CCCN)=N1. The number of nitrogens with two attached hydrogens (primary N) is 1. The van der Waals surface area contributed by atoms with Crippen LogP contribution in [0.5, 0.6) is 0 Å². The zero-order valence-corrected chi connectivity index (χ0v) is 6.34. The van der Waals surface area contributed by atoms with Gasteiger partial charge in [-0.1, -0.05) is 0 Å². The lowest BCUT2D eigenvalue weighted by Gasteiger charge is -1.97. The van der Waals surface area contributed by atoms with Crippen molar-refractivity contribution in [3.05, 3.63) is 0 Å². The quantitative estimate of drug-likeness (QED) is 0.625. The molecule has 2 N–H and O–H groups in total. The Balaban J connectivity index is 2.22. The number of nitrogens with zero attached hydrogens (tertiary/aromatic N) is 1. The Labute approximate surface area is 61.3 Å². The molecule has 10 heavy (non-hydrogen) atoms. The van der Waals surface area contributed by atoms with Gasteiger partial charge in [0.25, 0.3) is 0 Å². The van der Waals surface area contributed by atoms with Crippen molar-refractivity contribution in [2.24, 2.45) is 10.7 Å². The molecule has 0 aromatic heterocycles. The summed E-state index contributed by atoms with van der Waals surface area (Å²) in [6.07, 6.45) is 1.88. The van der Waals surface area contributed by atoms with Gasteiger partial charge in [0, 0.05) is 6.42 Å². The second-order valence-electron chi connectivity index (χ2n) is 2.58. The maximum Gasteiger partial charge on any atom is 0.183 e. The molecule has 0 radical (unpaired) electrons. The number of hydrogen-bond acceptors (Lipinski definition) is 3. The van der Waals surface area contributed by atoms with Gasteiger partial charge in [-0.05, 0) is 19.9 Å². The van der Waals surface area contributed by atoms with Crippen LogP contribution in [0.4, 0.5) is 0 Å². The third-order valence-electron chi connectivity index (χ3n) is 1.45. The molecular weight excluding hydrogens is 128 g/mol. The standard InChI is InChI=1S/C7H14N2O/c1-6-5-10-7(9-6)3-2-4-8/h6H,2-5,8H2,1H3. The maximum atomic E-state index is 5.33. The predicted molar refractivity (Wildman–Crippen MR) is 41.1 cm³/mol. The molecule has 3 heteroatoms. The summed E-state index contributed by atoms with van der Waals surface area (Å²) >= 11 is 0. The van der Waals surface area contributed by atoms with Gasteiger partial charge < -0.3 is 10.5 Å². The van der Waals surface area contributed by atoms with E-state index in [9.17, 15) is 0 Å². The molecular formula is C7H14N2O. The lowest BCUT2D eigenvalue weighted by molar-refractivity contribution is 0.315. The van der Waals surface area contributed by atoms with Crippen LogP contribution in [-0.2, 0) is 4.74 Å². The molecule has 0 amide bonds. The van der Waals surface area contributed by atoms with Gasteiger partial charge in [-0.2, -0.15) is 0 Å². The molecule has 1 heterocycles. The molecule has 3 nitrogen and oxygen atoms in total. The van der Waals surface area contributed by atoms with Crippen LogP contribution in [0.25, 0.3) is 0 Å². The van der Waals surface area contributed by atoms with Crippen molar-refractivity contribution in [3.63, 3.8) is 0 Å². The summed E-state index contributed by atoms with van der Waals surface area (Å²) in [5.74, 6) is 0.887. The molecule has 0 aromatic carbocycles. The molecule has 1 rings (SSSR count). The van der Waals surface area contributed by atoms with Crippen LogP contribution in [-0.4, -0.2) is 25.1 Å². The van der Waals surface area contributed by atoms with Gasteiger partial charge in [0.15, 0.2) is 5.90 Å². The van der Waals surface area contributed by atoms with Gasteiger partial charge in [-0.15, -0.1) is 0 Å². The Bertz CT molecular complexity index is 134. The van der Waals surface area contributed by atoms with E-state index >= 15 is 0 Å². The normalized spacial score (nSPS) is 24.2. The van der Waals surface area contributed by atoms with Crippen molar-refractivity contribution in [2.75, 3.05) is 13.2 Å². The zero-order chi connectivity index (χ0) is 7.40. The van der Waals surface area contributed by atoms with Crippen LogP contribution in [0.2, 0.25) is 0 Å². The number of hydrogen-bond donors (Lipinski definition) is 1. The summed E-state index contributed by atoms with van der Waals surface area (Å²) in [5.41, 5.74) is 5.33. The largest absolute Gasteiger partial charge is 0.479 e. The van der Waals surface area contributed by atoms with Gasteiger partial charge in [0.2, 0.25) is 0 Å². The number of aliphatic imine (C=N–C) groups is 1. The van der Waals surface area contributed by atoms with Crippen LogP contribution >= 0.6 is 0 Å². The van der Waals surface area contributed by atoms with Crippen molar-refractivity contribution in [3.8, 4) is 0 Å². The van der Waals surface area contributed by atoms with Crippen molar-refractivity contribution in [1.82, 2.24) is 0 Å². The monoisotopic (exact) mass is 142 g/mol. The second-order valence-corrected chi connectivity index (χ2v) is 2.58. The topological polar surface area (TPSA) is 47.6 Å². The highest BCUT2D eigenvalue weighted by Crippen LogP contribution is 2.06. The fourth-order valence-electron chi connectivity index (χ4n) is 0.927. The van der Waals surface area contributed by atoms with Crippen LogP contribution in [0.3, 0.4) is 0 Å². The summed E-state index contributed by atoms with van der Waals surface area (Å²) in [4.78, 5) is 4.26. The molecule has 0 spiro atoms. The minimum atomic E-state index is 0.354. The molecule has 0 saturated carbocycles. The molecule has 0 aliphatic carbocycles. The minimum absolute atomic E-state index is 0.354. The zero-order valence-electron chi connectivity index (χ0n) is 6.34. The van der Waals surface area contributed by atoms with Crippen molar-refractivity contribution in [2.45, 2.75) is 25.8 Å². The summed E-state index contributed by atoms with van der Waals surface area (Å²) < 4.78 is 5.26. The Morgan fingerprint density at radius 3 is 3.10 bits per heavy atom. The Kier molecular flexibility index (Phi) is 2.68. The Hall–Kier alpha value is -0.570. The lowest BCUT2D eigenvalue weighted by Crippen LogP contribution is -2.04. The molecule has 1 unspecified atom stereocenters. The van der Waals surface area contributed by atoms with Crippen LogP contribution in [0.1, 0.15) is 19.8 Å². The van der Waals surface area contributed by atoms with Crippen LogP contribution in [0.15, 0.2) is 4.99 Å². The molecule has 0 saturated heterocycles. The van der Waals surface area contributed by atoms with E-state index in [1.165, 1.54) is 0 Å². The highest BCUT2D eigenvalue weighted by molar-refractivity contribution is 5.77. The molecule has 1 aliphatic heterocycles. The minimum Gasteiger partial charge on any atom is -0.479 e. The second kappa shape index (κ2) is 3.56. The van der Waals surface area contributed by atoms with E-state index in [1.807, 2.05) is 0 Å².